The zero-order chi connectivity index (χ0) is 28.6. The fourth-order valence-electron chi connectivity index (χ4n) is 3.55. The molecule has 1 aliphatic rings. The number of benzene rings is 1. The van der Waals surface area contributed by atoms with Crippen molar-refractivity contribution in [1.82, 2.24) is 10.6 Å². The van der Waals surface area contributed by atoms with Crippen LogP contribution < -0.4 is 15.4 Å². The Hall–Kier alpha value is -3.00. The van der Waals surface area contributed by atoms with Crippen molar-refractivity contribution in [3.8, 4) is 5.75 Å². The van der Waals surface area contributed by atoms with E-state index in [4.69, 9.17) is 4.74 Å². The van der Waals surface area contributed by atoms with Crippen LogP contribution in [0.25, 0.3) is 0 Å². The summed E-state index contributed by atoms with van der Waals surface area (Å²) in [5.41, 5.74) is -2.50. The minimum absolute atomic E-state index is 0.179. The summed E-state index contributed by atoms with van der Waals surface area (Å²) in [4.78, 5) is 37.9. The van der Waals surface area contributed by atoms with Crippen LogP contribution in [-0.4, -0.2) is 54.6 Å². The Bertz CT molecular complexity index is 1040. The fourth-order valence-corrected chi connectivity index (χ4v) is 3.55. The molecule has 0 aliphatic carbocycles. The highest BCUT2D eigenvalue weighted by Gasteiger charge is 2.58. The summed E-state index contributed by atoms with van der Waals surface area (Å²) in [6, 6.07) is 1.13. The molecule has 6 nitrogen and oxygen atoms in total. The maximum Gasteiger partial charge on any atom is 0.455 e. The predicted octanol–water partition coefficient (Wildman–Crippen LogP) is 4.43. The van der Waals surface area contributed by atoms with Gasteiger partial charge in [0.05, 0.1) is 13.0 Å². The molecule has 1 heterocycles. The molecule has 0 aromatic heterocycles. The zero-order valence-electron chi connectivity index (χ0n) is 19.6. The molecule has 0 radical (unpaired) electrons. The van der Waals surface area contributed by atoms with E-state index in [1.54, 1.807) is 0 Å². The molecule has 2 unspecified atom stereocenters. The van der Waals surface area contributed by atoms with E-state index in [1.807, 2.05) is 0 Å². The van der Waals surface area contributed by atoms with Gasteiger partial charge in [-0.05, 0) is 39.0 Å². The number of ether oxygens (including phenoxy) is 1. The van der Waals surface area contributed by atoms with Gasteiger partial charge in [0, 0.05) is 17.9 Å². The van der Waals surface area contributed by atoms with Gasteiger partial charge in [0.25, 0.3) is 0 Å². The van der Waals surface area contributed by atoms with Crippen molar-refractivity contribution >= 4 is 17.6 Å². The number of amides is 2. The van der Waals surface area contributed by atoms with E-state index >= 15 is 0 Å². The van der Waals surface area contributed by atoms with E-state index in [1.165, 1.54) is 12.2 Å². The van der Waals surface area contributed by atoms with Crippen molar-refractivity contribution in [1.29, 1.82) is 0 Å². The highest BCUT2D eigenvalue weighted by Crippen LogP contribution is 2.40. The lowest BCUT2D eigenvalue weighted by Crippen LogP contribution is -2.58. The largest absolute Gasteiger partial charge is 0.488 e. The molecule has 1 aromatic carbocycles. The Morgan fingerprint density at radius 2 is 1.62 bits per heavy atom. The molecule has 0 saturated heterocycles. The molecule has 0 saturated carbocycles. The average Bonchev–Trinajstić information content (AvgIpc) is 2.73. The minimum Gasteiger partial charge on any atom is -0.488 e. The molecular weight excluding hydrogens is 527 g/mol. The second kappa shape index (κ2) is 10.4. The van der Waals surface area contributed by atoms with Crippen molar-refractivity contribution in [2.75, 3.05) is 6.54 Å². The van der Waals surface area contributed by atoms with Gasteiger partial charge in [0.1, 0.15) is 29.1 Å². The van der Waals surface area contributed by atoms with E-state index in [0.29, 0.717) is 0 Å². The summed E-state index contributed by atoms with van der Waals surface area (Å²) < 4.78 is 122. The third kappa shape index (κ3) is 7.28. The second-order valence-electron chi connectivity index (χ2n) is 9.15. The van der Waals surface area contributed by atoms with Crippen LogP contribution in [0.5, 0.6) is 5.75 Å². The van der Waals surface area contributed by atoms with Gasteiger partial charge in [-0.3, -0.25) is 14.4 Å². The molecular formula is C22H23F9N2O4. The smallest absolute Gasteiger partial charge is 0.455 e. The van der Waals surface area contributed by atoms with Crippen LogP contribution >= 0.6 is 0 Å². The SMILES string of the molecule is C[C@H]1Oc2ccc(F)cc2C(CC(F)(F)F)CC(=O)C1NC(=O)C(C)(C)C(=O)NCC(F)(F)C(F)(F)F. The number of Topliss-reactive ketones (excluding diaryl/α,β-unsaturated/α-hetero) is 1. The van der Waals surface area contributed by atoms with E-state index < -0.39 is 84.6 Å². The van der Waals surface area contributed by atoms with Gasteiger partial charge in [-0.15, -0.1) is 0 Å². The summed E-state index contributed by atoms with van der Waals surface area (Å²) in [5.74, 6) is -11.7. The summed E-state index contributed by atoms with van der Waals surface area (Å²) in [5, 5.41) is 3.46. The highest BCUT2D eigenvalue weighted by molar-refractivity contribution is 6.05. The quantitative estimate of drug-likeness (QED) is 0.406. The van der Waals surface area contributed by atoms with Crippen LogP contribution in [0.3, 0.4) is 0 Å². The van der Waals surface area contributed by atoms with E-state index in [9.17, 15) is 53.9 Å². The Morgan fingerprint density at radius 1 is 1.03 bits per heavy atom. The third-order valence-corrected chi connectivity index (χ3v) is 5.77. The second-order valence-corrected chi connectivity index (χ2v) is 9.15. The molecule has 1 aliphatic heterocycles. The van der Waals surface area contributed by atoms with E-state index in [2.05, 4.69) is 5.32 Å². The Labute approximate surface area is 204 Å². The zero-order valence-corrected chi connectivity index (χ0v) is 19.6. The fraction of sp³-hybridized carbons (Fsp3) is 0.591. The van der Waals surface area contributed by atoms with Crippen molar-refractivity contribution < 1.29 is 58.6 Å². The Morgan fingerprint density at radius 3 is 2.16 bits per heavy atom. The number of halogens is 9. The number of fused-ring (bicyclic) bond motifs is 1. The molecule has 0 fully saturated rings. The molecule has 0 bridgehead atoms. The molecule has 1 aromatic rings. The number of hydrogen-bond acceptors (Lipinski definition) is 4. The Balaban J connectivity index is 2.26. The number of nitrogens with one attached hydrogen (secondary N) is 2. The standard InChI is InChI=1S/C22H23F9N2O4/c1-10-16(33-18(36)19(2,3)17(35)32-9-20(24,25)22(29,30)31)14(34)6-11(8-21(26,27)28)13-7-12(23)4-5-15(13)37-10/h4-5,7,10-11,16H,6,8-9H2,1-3H3,(H,32,35)(H,33,36)/t10-,11?,16?/m1/s1. The van der Waals surface area contributed by atoms with Gasteiger partial charge < -0.3 is 15.4 Å². The number of ketones is 1. The molecule has 0 spiro atoms. The number of hydrogen-bond donors (Lipinski definition) is 2. The van der Waals surface area contributed by atoms with Crippen LogP contribution in [0.15, 0.2) is 18.2 Å². The number of carbonyl (C=O) groups is 3. The van der Waals surface area contributed by atoms with E-state index in [-0.39, 0.29) is 11.3 Å². The number of carbonyl (C=O) groups excluding carboxylic acids is 3. The minimum atomic E-state index is -5.96. The molecule has 2 N–H and O–H groups in total. The monoisotopic (exact) mass is 550 g/mol. The van der Waals surface area contributed by atoms with Gasteiger partial charge >= 0.3 is 18.3 Å². The van der Waals surface area contributed by atoms with Crippen molar-refractivity contribution in [3.05, 3.63) is 29.6 Å². The van der Waals surface area contributed by atoms with Gasteiger partial charge in [0.2, 0.25) is 11.8 Å². The summed E-state index contributed by atoms with van der Waals surface area (Å²) >= 11 is 0. The maximum atomic E-state index is 13.8. The first-order chi connectivity index (χ1) is 16.7. The molecule has 37 heavy (non-hydrogen) atoms. The molecule has 208 valence electrons. The maximum absolute atomic E-state index is 13.8. The average molecular weight is 550 g/mol. The molecule has 15 heteroatoms. The third-order valence-electron chi connectivity index (χ3n) is 5.77. The normalized spacial score (nSPS) is 21.3. The summed E-state index contributed by atoms with van der Waals surface area (Å²) in [7, 11) is 0. The highest BCUT2D eigenvalue weighted by atomic mass is 19.4. The predicted molar refractivity (Wildman–Crippen MR) is 109 cm³/mol. The molecule has 3 atom stereocenters. The lowest BCUT2D eigenvalue weighted by Gasteiger charge is -2.33. The first-order valence-corrected chi connectivity index (χ1v) is 10.7. The van der Waals surface area contributed by atoms with Crippen LogP contribution in [0.1, 0.15) is 45.1 Å². The first kappa shape index (κ1) is 30.2. The van der Waals surface area contributed by atoms with Crippen LogP contribution in [-0.2, 0) is 14.4 Å². The van der Waals surface area contributed by atoms with Crippen molar-refractivity contribution in [2.24, 2.45) is 5.41 Å². The van der Waals surface area contributed by atoms with Gasteiger partial charge in [-0.1, -0.05) is 0 Å². The molecule has 2 rings (SSSR count). The Kier molecular flexibility index (Phi) is 8.50. The van der Waals surface area contributed by atoms with Gasteiger partial charge in [-0.25, -0.2) is 4.39 Å². The van der Waals surface area contributed by atoms with Crippen LogP contribution in [0, 0.1) is 11.2 Å². The first-order valence-electron chi connectivity index (χ1n) is 10.7. The van der Waals surface area contributed by atoms with Gasteiger partial charge in [-0.2, -0.15) is 35.1 Å². The van der Waals surface area contributed by atoms with E-state index in [0.717, 1.165) is 32.0 Å². The number of rotatable bonds is 6. The topological polar surface area (TPSA) is 84.5 Å². The summed E-state index contributed by atoms with van der Waals surface area (Å²) in [6.07, 6.45) is -14.3. The van der Waals surface area contributed by atoms with Gasteiger partial charge in [0.15, 0.2) is 5.78 Å². The summed E-state index contributed by atoms with van der Waals surface area (Å²) in [6.45, 7) is 0.872. The van der Waals surface area contributed by atoms with Crippen molar-refractivity contribution in [3.63, 3.8) is 0 Å². The van der Waals surface area contributed by atoms with Crippen molar-refractivity contribution in [2.45, 2.75) is 70.0 Å². The van der Waals surface area contributed by atoms with Crippen LogP contribution in [0.2, 0.25) is 0 Å². The number of alkyl halides is 8. The lowest BCUT2D eigenvalue weighted by molar-refractivity contribution is -0.278. The van der Waals surface area contributed by atoms with Crippen LogP contribution in [0.4, 0.5) is 39.5 Å². The molecule has 2 amide bonds. The lowest BCUT2D eigenvalue weighted by atomic mass is 9.85.